The topological polar surface area (TPSA) is 54.0 Å². The second-order valence-corrected chi connectivity index (χ2v) is 5.52. The van der Waals surface area contributed by atoms with Crippen LogP contribution in [-0.4, -0.2) is 11.0 Å². The minimum absolute atomic E-state index is 0.189. The molecule has 0 spiro atoms. The molecule has 1 unspecified atom stereocenters. The van der Waals surface area contributed by atoms with Gasteiger partial charge in [0.15, 0.2) is 0 Å². The third-order valence-electron chi connectivity index (χ3n) is 2.66. The number of rotatable bonds is 3. The maximum Gasteiger partial charge on any atom is 0.319 e. The first-order chi connectivity index (χ1) is 9.56. The monoisotopic (exact) mass is 353 g/mol. The van der Waals surface area contributed by atoms with Gasteiger partial charge in [-0.1, -0.05) is 33.6 Å². The summed E-state index contributed by atoms with van der Waals surface area (Å²) in [5.74, 6) is 0. The number of anilines is 1. The molecular formula is C14H13BrClN3O. The van der Waals surface area contributed by atoms with Crippen molar-refractivity contribution in [2.24, 2.45) is 0 Å². The highest BCUT2D eigenvalue weighted by atomic mass is 79.9. The van der Waals surface area contributed by atoms with Crippen molar-refractivity contribution in [1.82, 2.24) is 10.3 Å². The lowest BCUT2D eigenvalue weighted by molar-refractivity contribution is 0.249. The number of aromatic nitrogens is 1. The zero-order valence-corrected chi connectivity index (χ0v) is 13.1. The molecule has 0 bridgehead atoms. The molecule has 0 aliphatic rings. The maximum atomic E-state index is 11.9. The van der Waals surface area contributed by atoms with E-state index in [2.05, 4.69) is 31.5 Å². The van der Waals surface area contributed by atoms with Crippen molar-refractivity contribution in [1.29, 1.82) is 0 Å². The van der Waals surface area contributed by atoms with Crippen molar-refractivity contribution >= 4 is 39.2 Å². The van der Waals surface area contributed by atoms with Crippen molar-refractivity contribution in [2.75, 3.05) is 5.32 Å². The van der Waals surface area contributed by atoms with Crippen LogP contribution < -0.4 is 10.6 Å². The van der Waals surface area contributed by atoms with Crippen molar-refractivity contribution in [3.05, 3.63) is 57.8 Å². The van der Waals surface area contributed by atoms with Crippen molar-refractivity contribution in [3.63, 3.8) is 0 Å². The van der Waals surface area contributed by atoms with Crippen LogP contribution >= 0.6 is 27.5 Å². The molecule has 0 aliphatic carbocycles. The Bertz CT molecular complexity index is 607. The minimum Gasteiger partial charge on any atom is -0.330 e. The molecule has 104 valence electrons. The average molecular weight is 355 g/mol. The predicted molar refractivity (Wildman–Crippen MR) is 84.0 cm³/mol. The second-order valence-electron chi connectivity index (χ2n) is 4.20. The molecule has 1 atom stereocenters. The van der Waals surface area contributed by atoms with Gasteiger partial charge in [-0.2, -0.15) is 0 Å². The number of nitrogens with zero attached hydrogens (tertiary/aromatic N) is 1. The Morgan fingerprint density at radius 2 is 2.15 bits per heavy atom. The van der Waals surface area contributed by atoms with Crippen LogP contribution in [0.25, 0.3) is 0 Å². The first-order valence-electron chi connectivity index (χ1n) is 6.00. The average Bonchev–Trinajstić information content (AvgIpc) is 2.43. The summed E-state index contributed by atoms with van der Waals surface area (Å²) in [5, 5.41) is 5.98. The van der Waals surface area contributed by atoms with Gasteiger partial charge in [0.1, 0.15) is 0 Å². The molecule has 0 saturated carbocycles. The van der Waals surface area contributed by atoms with E-state index in [0.29, 0.717) is 10.7 Å². The van der Waals surface area contributed by atoms with Gasteiger partial charge >= 0.3 is 6.03 Å². The summed E-state index contributed by atoms with van der Waals surface area (Å²) < 4.78 is 0.857. The normalized spacial score (nSPS) is 11.8. The number of hydrogen-bond acceptors (Lipinski definition) is 2. The van der Waals surface area contributed by atoms with Gasteiger partial charge in [0.2, 0.25) is 0 Å². The van der Waals surface area contributed by atoms with Gasteiger partial charge in [0.05, 0.1) is 22.4 Å². The van der Waals surface area contributed by atoms with Crippen LogP contribution in [0, 0.1) is 0 Å². The molecule has 2 rings (SSSR count). The van der Waals surface area contributed by atoms with E-state index in [-0.39, 0.29) is 12.1 Å². The third-order valence-corrected chi connectivity index (χ3v) is 3.46. The van der Waals surface area contributed by atoms with Crippen LogP contribution in [0.15, 0.2) is 47.1 Å². The molecule has 0 radical (unpaired) electrons. The molecule has 4 nitrogen and oxygen atoms in total. The molecule has 2 amide bonds. The summed E-state index contributed by atoms with van der Waals surface area (Å²) in [5.41, 5.74) is 1.35. The second kappa shape index (κ2) is 6.72. The number of urea groups is 1. The fraction of sp³-hybridized carbons (Fsp3) is 0.143. The van der Waals surface area contributed by atoms with E-state index >= 15 is 0 Å². The predicted octanol–water partition coefficient (Wildman–Crippen LogP) is 4.38. The molecular weight excluding hydrogens is 342 g/mol. The van der Waals surface area contributed by atoms with Gasteiger partial charge < -0.3 is 10.6 Å². The van der Waals surface area contributed by atoms with E-state index < -0.39 is 0 Å². The molecule has 2 N–H and O–H groups in total. The number of halogens is 2. The largest absolute Gasteiger partial charge is 0.330 e. The summed E-state index contributed by atoms with van der Waals surface area (Å²) in [7, 11) is 0. The lowest BCUT2D eigenvalue weighted by Gasteiger charge is -2.14. The van der Waals surface area contributed by atoms with Crippen LogP contribution in [0.2, 0.25) is 5.02 Å². The fourth-order valence-electron chi connectivity index (χ4n) is 1.65. The Morgan fingerprint density at radius 1 is 1.35 bits per heavy atom. The summed E-state index contributed by atoms with van der Waals surface area (Å²) in [6.45, 7) is 1.87. The lowest BCUT2D eigenvalue weighted by atomic mass is 10.2. The molecule has 6 heteroatoms. The smallest absolute Gasteiger partial charge is 0.319 e. The molecule has 2 aromatic rings. The molecule has 1 aromatic carbocycles. The van der Waals surface area contributed by atoms with Gasteiger partial charge in [0.25, 0.3) is 0 Å². The molecule has 0 fully saturated rings. The van der Waals surface area contributed by atoms with E-state index in [4.69, 9.17) is 11.6 Å². The number of nitrogens with one attached hydrogen (secondary N) is 2. The Hall–Kier alpha value is -1.59. The molecule has 0 aliphatic heterocycles. The fourth-order valence-corrected chi connectivity index (χ4v) is 2.37. The molecule has 1 aromatic heterocycles. The molecule has 20 heavy (non-hydrogen) atoms. The highest BCUT2D eigenvalue weighted by molar-refractivity contribution is 9.10. The van der Waals surface area contributed by atoms with Crippen LogP contribution in [0.5, 0.6) is 0 Å². The Labute approximate surface area is 130 Å². The number of carbonyl (C=O) groups excluding carboxylic acids is 1. The van der Waals surface area contributed by atoms with E-state index in [1.54, 1.807) is 18.3 Å². The SMILES string of the molecule is CC(NC(=O)Nc1ccc(Br)cc1Cl)c1ccccn1. The van der Waals surface area contributed by atoms with Crippen LogP contribution in [-0.2, 0) is 0 Å². The van der Waals surface area contributed by atoms with Gasteiger partial charge in [-0.05, 0) is 37.3 Å². The first-order valence-corrected chi connectivity index (χ1v) is 7.17. The van der Waals surface area contributed by atoms with Crippen molar-refractivity contribution in [3.8, 4) is 0 Å². The maximum absolute atomic E-state index is 11.9. The van der Waals surface area contributed by atoms with E-state index in [0.717, 1.165) is 10.2 Å². The Morgan fingerprint density at radius 3 is 2.80 bits per heavy atom. The summed E-state index contributed by atoms with van der Waals surface area (Å²) in [4.78, 5) is 16.1. The van der Waals surface area contributed by atoms with Gasteiger partial charge in [-0.3, -0.25) is 4.98 Å². The number of amides is 2. The molecule has 0 saturated heterocycles. The standard InChI is InChI=1S/C14H13BrClN3O/c1-9(12-4-2-3-7-17-12)18-14(20)19-13-6-5-10(15)8-11(13)16/h2-9H,1H3,(H2,18,19,20). The van der Waals surface area contributed by atoms with Crippen LogP contribution in [0.4, 0.5) is 10.5 Å². The summed E-state index contributed by atoms with van der Waals surface area (Å²) in [6.07, 6.45) is 1.69. The highest BCUT2D eigenvalue weighted by Gasteiger charge is 2.11. The lowest BCUT2D eigenvalue weighted by Crippen LogP contribution is -2.31. The van der Waals surface area contributed by atoms with Crippen molar-refractivity contribution < 1.29 is 4.79 Å². The van der Waals surface area contributed by atoms with Gasteiger partial charge in [-0.15, -0.1) is 0 Å². The highest BCUT2D eigenvalue weighted by Crippen LogP contribution is 2.25. The first kappa shape index (κ1) is 14.8. The molecule has 1 heterocycles. The zero-order chi connectivity index (χ0) is 14.5. The number of carbonyl (C=O) groups is 1. The van der Waals surface area contributed by atoms with Crippen LogP contribution in [0.3, 0.4) is 0 Å². The van der Waals surface area contributed by atoms with E-state index in [1.807, 2.05) is 31.2 Å². The van der Waals surface area contributed by atoms with Gasteiger partial charge in [0, 0.05) is 10.7 Å². The van der Waals surface area contributed by atoms with Gasteiger partial charge in [-0.25, -0.2) is 4.79 Å². The number of pyridine rings is 1. The zero-order valence-electron chi connectivity index (χ0n) is 10.7. The summed E-state index contributed by atoms with van der Waals surface area (Å²) in [6, 6.07) is 10.3. The summed E-state index contributed by atoms with van der Waals surface area (Å²) >= 11 is 9.35. The van der Waals surface area contributed by atoms with Crippen molar-refractivity contribution in [2.45, 2.75) is 13.0 Å². The number of benzene rings is 1. The van der Waals surface area contributed by atoms with E-state index in [1.165, 1.54) is 0 Å². The van der Waals surface area contributed by atoms with E-state index in [9.17, 15) is 4.79 Å². The Kier molecular flexibility index (Phi) is 4.98. The third kappa shape index (κ3) is 3.95. The quantitative estimate of drug-likeness (QED) is 0.859. The minimum atomic E-state index is -0.327. The Balaban J connectivity index is 1.99. The number of hydrogen-bond donors (Lipinski definition) is 2. The van der Waals surface area contributed by atoms with Crippen LogP contribution in [0.1, 0.15) is 18.7 Å².